The number of carboxylic acids is 2. The molecule has 22 N–H and O–H groups in total. The largest absolute Gasteiger partial charge is 0.481 e. The number of unbranched alkanes of at least 4 members (excludes halogenated alkanes) is 6. The van der Waals surface area contributed by atoms with Gasteiger partial charge in [-0.15, -0.1) is 0 Å². The number of hydrogen-bond acceptors (Lipinski definition) is 22. The van der Waals surface area contributed by atoms with Gasteiger partial charge in [0.05, 0.1) is 133 Å². The Morgan fingerprint density at radius 1 is 0.333 bits per heavy atom. The summed E-state index contributed by atoms with van der Waals surface area (Å²) in [6.45, 7) is -8.29. The molecule has 24 heteroatoms. The maximum absolute atomic E-state index is 14.5. The lowest BCUT2D eigenvalue weighted by Gasteiger charge is -2.73. The summed E-state index contributed by atoms with van der Waals surface area (Å²) in [4.78, 5) is 24.6. The smallest absolute Gasteiger partial charge is 0.310 e. The van der Waals surface area contributed by atoms with Gasteiger partial charge in [0.15, 0.2) is 0 Å². The highest BCUT2D eigenvalue weighted by atomic mass is 16.4. The second-order valence-corrected chi connectivity index (χ2v) is 19.9. The first-order valence-electron chi connectivity index (χ1n) is 25.2. The Hall–Kier alpha value is -1.86. The van der Waals surface area contributed by atoms with E-state index in [1.165, 1.54) is 39.0 Å². The molecule has 432 valence electrons. The molecule has 0 radical (unpaired) electrons. The van der Waals surface area contributed by atoms with Crippen LogP contribution in [-0.4, -0.2) is 251 Å². The van der Waals surface area contributed by atoms with Gasteiger partial charge in [0.25, 0.3) is 0 Å². The lowest BCUT2D eigenvalue weighted by atomic mass is 9.31. The molecule has 0 aliphatic heterocycles. The minimum absolute atomic E-state index is 0.341. The van der Waals surface area contributed by atoms with Crippen LogP contribution in [0.3, 0.4) is 0 Å². The minimum Gasteiger partial charge on any atom is -0.481 e. The summed E-state index contributed by atoms with van der Waals surface area (Å²) in [6, 6.07) is 0. The van der Waals surface area contributed by atoms with E-state index in [4.69, 9.17) is 5.11 Å². The predicted octanol–water partition coefficient (Wildman–Crippen LogP) is -3.94. The van der Waals surface area contributed by atoms with Gasteiger partial charge in [0.1, 0.15) is 0 Å². The van der Waals surface area contributed by atoms with Gasteiger partial charge in [0.2, 0.25) is 0 Å². The topological polar surface area (TPSA) is 479 Å². The zero-order valence-electron chi connectivity index (χ0n) is 42.4. The standard InChI is InChI=1S/C38H76O22.C10H20O2/c1-2-34(3-23(49)13-39,4-24(50)14-40)36(7-27(53)17-43,8-28(54)18-44)38(11-31(57)21-47,12-32(58)22-48)37(9-29(55)19-45,10-30(56)20-46)35(33(59)60,5-25(51)15-41)6-26(52)16-42;1-2-3-4-5-6-7-8-9-10(11)12/h23-32,39-58H,2-22H2,1H3,(H,59,60);2-9H2,1H3,(H,11,12). The molecule has 0 saturated heterocycles. The first-order valence-corrected chi connectivity index (χ1v) is 25.2. The summed E-state index contributed by atoms with van der Waals surface area (Å²) >= 11 is 0. The SMILES string of the molecule is CCC(CC(O)CO)(CC(O)CO)C(CC(O)CO)(CC(O)CO)C(CC(O)CO)(CC(O)CO)C(CC(O)CO)(CC(O)CO)C(CC(O)CO)(CC(O)CO)C(=O)O.CCCCCCCCCC(=O)O. The third-order valence-corrected chi connectivity index (χ3v) is 14.9. The van der Waals surface area contributed by atoms with Crippen LogP contribution in [0.2, 0.25) is 0 Å². The van der Waals surface area contributed by atoms with E-state index in [0.717, 1.165) is 12.8 Å². The van der Waals surface area contributed by atoms with E-state index in [1.54, 1.807) is 0 Å². The summed E-state index contributed by atoms with van der Waals surface area (Å²) in [5.41, 5.74) is -13.8. The van der Waals surface area contributed by atoms with Crippen molar-refractivity contribution in [3.05, 3.63) is 0 Å². The molecule has 24 nitrogen and oxygen atoms in total. The molecule has 0 heterocycles. The number of aliphatic hydroxyl groups excluding tert-OH is 20. The molecule has 0 amide bonds. The van der Waals surface area contributed by atoms with Crippen molar-refractivity contribution in [2.24, 2.45) is 27.1 Å². The van der Waals surface area contributed by atoms with Gasteiger partial charge in [-0.2, -0.15) is 0 Å². The van der Waals surface area contributed by atoms with Crippen LogP contribution in [0.25, 0.3) is 0 Å². The molecule has 0 rings (SSSR count). The molecule has 0 bridgehead atoms. The van der Waals surface area contributed by atoms with E-state index < -0.39 is 237 Å². The molecule has 10 unspecified atom stereocenters. The Labute approximate surface area is 423 Å². The fourth-order valence-electron chi connectivity index (χ4n) is 12.0. The van der Waals surface area contributed by atoms with Crippen molar-refractivity contribution >= 4 is 11.9 Å². The molecular formula is C48H96O24. The number of aliphatic hydroxyl groups is 20. The van der Waals surface area contributed by atoms with Crippen molar-refractivity contribution in [2.75, 3.05) is 66.1 Å². The van der Waals surface area contributed by atoms with E-state index >= 15 is 0 Å². The Morgan fingerprint density at radius 2 is 0.583 bits per heavy atom. The van der Waals surface area contributed by atoms with Crippen molar-refractivity contribution in [2.45, 2.75) is 197 Å². The Morgan fingerprint density at radius 3 is 0.847 bits per heavy atom. The fraction of sp³-hybridized carbons (Fsp3) is 0.958. The number of carboxylic acid groups (broad SMARTS) is 2. The van der Waals surface area contributed by atoms with Crippen LogP contribution in [0, 0.1) is 27.1 Å². The molecule has 0 aliphatic rings. The quantitative estimate of drug-likeness (QED) is 0.0259. The number of aliphatic carboxylic acids is 2. The maximum atomic E-state index is 14.5. The highest BCUT2D eigenvalue weighted by Crippen LogP contribution is 2.77. The summed E-state index contributed by atoms with van der Waals surface area (Å²) in [7, 11) is 0. The second-order valence-electron chi connectivity index (χ2n) is 19.9. The van der Waals surface area contributed by atoms with Crippen LogP contribution in [0.4, 0.5) is 0 Å². The van der Waals surface area contributed by atoms with Crippen LogP contribution in [0.1, 0.15) is 136 Å². The molecule has 0 saturated carbocycles. The molecule has 0 aromatic heterocycles. The zero-order chi connectivity index (χ0) is 55.9. The van der Waals surface area contributed by atoms with Crippen molar-refractivity contribution in [1.82, 2.24) is 0 Å². The zero-order valence-corrected chi connectivity index (χ0v) is 42.4. The van der Waals surface area contributed by atoms with Crippen molar-refractivity contribution in [3.8, 4) is 0 Å². The first kappa shape index (κ1) is 72.2. The van der Waals surface area contributed by atoms with Gasteiger partial charge in [-0.05, 0) is 98.7 Å². The van der Waals surface area contributed by atoms with E-state index in [9.17, 15) is 117 Å². The van der Waals surface area contributed by atoms with E-state index in [1.807, 2.05) is 0 Å². The first-order chi connectivity index (χ1) is 33.8. The van der Waals surface area contributed by atoms with Crippen LogP contribution in [0.15, 0.2) is 0 Å². The van der Waals surface area contributed by atoms with Gasteiger partial charge in [-0.3, -0.25) is 9.59 Å². The van der Waals surface area contributed by atoms with Crippen LogP contribution in [-0.2, 0) is 9.59 Å². The summed E-state index contributed by atoms with van der Waals surface area (Å²) in [5, 5.41) is 240. The number of rotatable bonds is 44. The second kappa shape index (κ2) is 37.0. The predicted molar refractivity (Wildman–Crippen MR) is 257 cm³/mol. The van der Waals surface area contributed by atoms with E-state index in [-0.39, 0.29) is 0 Å². The van der Waals surface area contributed by atoms with Crippen LogP contribution in [0.5, 0.6) is 0 Å². The average Bonchev–Trinajstić information content (AvgIpc) is 3.36. The molecule has 0 aromatic rings. The number of carbonyl (C=O) groups is 2. The van der Waals surface area contributed by atoms with E-state index in [0.29, 0.717) is 6.42 Å². The lowest BCUT2D eigenvalue weighted by molar-refractivity contribution is -0.289. The van der Waals surface area contributed by atoms with Crippen molar-refractivity contribution in [3.63, 3.8) is 0 Å². The van der Waals surface area contributed by atoms with Gasteiger partial charge in [-0.1, -0.05) is 52.4 Å². The summed E-state index contributed by atoms with van der Waals surface area (Å²) in [6.07, 6.45) is -23.3. The molecule has 0 aromatic carbocycles. The molecule has 0 fully saturated rings. The third kappa shape index (κ3) is 20.6. The normalized spacial score (nSPS) is 20.5. The monoisotopic (exact) mass is 1060 g/mol. The van der Waals surface area contributed by atoms with Gasteiger partial charge < -0.3 is 112 Å². The maximum Gasteiger partial charge on any atom is 0.310 e. The Bertz CT molecular complexity index is 1330. The molecule has 10 atom stereocenters. The minimum atomic E-state index is -3.10. The molecular weight excluding hydrogens is 961 g/mol. The number of hydrogen-bond donors (Lipinski definition) is 22. The highest BCUT2D eigenvalue weighted by Gasteiger charge is 2.76. The van der Waals surface area contributed by atoms with Crippen LogP contribution < -0.4 is 0 Å². The van der Waals surface area contributed by atoms with Crippen LogP contribution >= 0.6 is 0 Å². The van der Waals surface area contributed by atoms with E-state index in [2.05, 4.69) is 6.92 Å². The molecule has 0 spiro atoms. The van der Waals surface area contributed by atoms with Gasteiger partial charge in [-0.25, -0.2) is 0 Å². The van der Waals surface area contributed by atoms with Gasteiger partial charge in [0, 0.05) is 6.42 Å². The average molecular weight is 1060 g/mol. The molecule has 72 heavy (non-hydrogen) atoms. The van der Waals surface area contributed by atoms with Crippen molar-refractivity contribution in [1.29, 1.82) is 0 Å². The highest BCUT2D eigenvalue weighted by molar-refractivity contribution is 5.76. The Balaban J connectivity index is 0. The lowest BCUT2D eigenvalue weighted by Crippen LogP contribution is -2.72. The third-order valence-electron chi connectivity index (χ3n) is 14.9. The summed E-state index contributed by atoms with van der Waals surface area (Å²) < 4.78 is 0. The Kier molecular flexibility index (Phi) is 37.1. The fourth-order valence-corrected chi connectivity index (χ4v) is 12.0. The van der Waals surface area contributed by atoms with Gasteiger partial charge >= 0.3 is 11.9 Å². The molecule has 0 aliphatic carbocycles. The van der Waals surface area contributed by atoms with Crippen molar-refractivity contribution < 1.29 is 122 Å². The summed E-state index contributed by atoms with van der Waals surface area (Å²) in [5.74, 6) is -2.73.